The van der Waals surface area contributed by atoms with E-state index in [1.807, 2.05) is 30.3 Å². The molecule has 1 N–H and O–H groups in total. The summed E-state index contributed by atoms with van der Waals surface area (Å²) in [5.74, 6) is 1.97. The van der Waals surface area contributed by atoms with E-state index in [0.717, 1.165) is 5.56 Å². The molecule has 2 aromatic carbocycles. The molecule has 1 unspecified atom stereocenters. The second-order valence-electron chi connectivity index (χ2n) is 5.34. The topological polar surface area (TPSA) is 74.0 Å². The second kappa shape index (κ2) is 7.27. The zero-order valence-electron chi connectivity index (χ0n) is 14.2. The molecule has 25 heavy (non-hydrogen) atoms. The summed E-state index contributed by atoms with van der Waals surface area (Å²) in [6.45, 7) is 0. The highest BCUT2D eigenvalue weighted by molar-refractivity contribution is 5.58. The lowest BCUT2D eigenvalue weighted by molar-refractivity contribution is 0.207. The van der Waals surface area contributed by atoms with Gasteiger partial charge >= 0.3 is 0 Å². The normalized spacial score (nSPS) is 11.8. The first kappa shape index (κ1) is 16.9. The third kappa shape index (κ3) is 3.29. The van der Waals surface area contributed by atoms with Gasteiger partial charge in [0.05, 0.1) is 21.3 Å². The van der Waals surface area contributed by atoms with Gasteiger partial charge in [-0.25, -0.2) is 0 Å². The largest absolute Gasteiger partial charge is 0.493 e. The first-order chi connectivity index (χ1) is 12.2. The van der Waals surface area contributed by atoms with Gasteiger partial charge in [-0.1, -0.05) is 35.5 Å². The van der Waals surface area contributed by atoms with Crippen molar-refractivity contribution in [2.45, 2.75) is 6.10 Å². The number of benzene rings is 2. The molecule has 0 fully saturated rings. The molecule has 0 aliphatic rings. The summed E-state index contributed by atoms with van der Waals surface area (Å²) in [7, 11) is 4.58. The number of aliphatic hydroxyl groups excluding tert-OH is 1. The molecule has 3 aromatic rings. The van der Waals surface area contributed by atoms with Crippen LogP contribution in [0.2, 0.25) is 0 Å². The first-order valence-corrected chi connectivity index (χ1v) is 7.68. The van der Waals surface area contributed by atoms with Gasteiger partial charge in [0, 0.05) is 11.6 Å². The Balaban J connectivity index is 1.96. The maximum Gasteiger partial charge on any atom is 0.203 e. The summed E-state index contributed by atoms with van der Waals surface area (Å²) in [6.07, 6.45) is -0.991. The number of nitrogens with zero attached hydrogens (tertiary/aromatic N) is 1. The fourth-order valence-corrected chi connectivity index (χ4v) is 2.59. The van der Waals surface area contributed by atoms with Crippen molar-refractivity contribution in [1.29, 1.82) is 0 Å². The van der Waals surface area contributed by atoms with Gasteiger partial charge < -0.3 is 23.8 Å². The summed E-state index contributed by atoms with van der Waals surface area (Å²) in [6, 6.07) is 14.6. The Morgan fingerprint density at radius 3 is 2.12 bits per heavy atom. The van der Waals surface area contributed by atoms with E-state index < -0.39 is 6.10 Å². The molecule has 1 aromatic heterocycles. The average molecular weight is 341 g/mol. The summed E-state index contributed by atoms with van der Waals surface area (Å²) in [5, 5.41) is 14.7. The molecule has 0 saturated heterocycles. The summed E-state index contributed by atoms with van der Waals surface area (Å²) in [4.78, 5) is 0. The molecular formula is C19H19NO5. The minimum absolute atomic E-state index is 0.396. The molecule has 0 spiro atoms. The van der Waals surface area contributed by atoms with Crippen LogP contribution in [-0.4, -0.2) is 31.6 Å². The van der Waals surface area contributed by atoms with E-state index >= 15 is 0 Å². The summed E-state index contributed by atoms with van der Waals surface area (Å²) in [5.41, 5.74) is 1.84. The zero-order valence-corrected chi connectivity index (χ0v) is 14.2. The number of hydrogen-bond acceptors (Lipinski definition) is 6. The van der Waals surface area contributed by atoms with Crippen LogP contribution >= 0.6 is 0 Å². The zero-order chi connectivity index (χ0) is 17.8. The number of ether oxygens (including phenoxy) is 3. The van der Waals surface area contributed by atoms with E-state index in [1.54, 1.807) is 18.2 Å². The molecule has 3 rings (SSSR count). The van der Waals surface area contributed by atoms with Crippen molar-refractivity contribution < 1.29 is 23.8 Å². The standard InChI is InChI=1S/C19H19NO5/c1-22-16-9-13(10-17(23-2)19(16)24-3)18(21)14-11-15(25-20-14)12-7-5-4-6-8-12/h4-11,18,21H,1-3H3. The van der Waals surface area contributed by atoms with Crippen molar-refractivity contribution in [3.63, 3.8) is 0 Å². The van der Waals surface area contributed by atoms with E-state index in [-0.39, 0.29) is 0 Å². The van der Waals surface area contributed by atoms with Crippen LogP contribution in [0.1, 0.15) is 17.4 Å². The summed E-state index contributed by atoms with van der Waals surface area (Å²) < 4.78 is 21.3. The van der Waals surface area contributed by atoms with Crippen LogP contribution in [0.5, 0.6) is 17.2 Å². The van der Waals surface area contributed by atoms with Gasteiger partial charge in [0.2, 0.25) is 5.75 Å². The molecule has 6 heteroatoms. The van der Waals surface area contributed by atoms with Crippen LogP contribution < -0.4 is 14.2 Å². The molecule has 0 aliphatic carbocycles. The molecule has 0 bridgehead atoms. The van der Waals surface area contributed by atoms with Gasteiger partial charge in [-0.15, -0.1) is 0 Å². The fraction of sp³-hybridized carbons (Fsp3) is 0.211. The number of hydrogen-bond donors (Lipinski definition) is 1. The fourth-order valence-electron chi connectivity index (χ4n) is 2.59. The second-order valence-corrected chi connectivity index (χ2v) is 5.34. The van der Waals surface area contributed by atoms with E-state index in [2.05, 4.69) is 5.16 Å². The van der Waals surface area contributed by atoms with Crippen molar-refractivity contribution >= 4 is 0 Å². The van der Waals surface area contributed by atoms with E-state index in [9.17, 15) is 5.11 Å². The highest BCUT2D eigenvalue weighted by Crippen LogP contribution is 2.40. The van der Waals surface area contributed by atoms with E-state index in [0.29, 0.717) is 34.3 Å². The molecule has 130 valence electrons. The maximum atomic E-state index is 10.7. The first-order valence-electron chi connectivity index (χ1n) is 7.68. The van der Waals surface area contributed by atoms with Crippen molar-refractivity contribution in [2.24, 2.45) is 0 Å². The number of methoxy groups -OCH3 is 3. The molecule has 1 atom stereocenters. The minimum atomic E-state index is -0.991. The van der Waals surface area contributed by atoms with Gasteiger partial charge in [0.25, 0.3) is 0 Å². The predicted octanol–water partition coefficient (Wildman–Crippen LogP) is 3.45. The molecule has 6 nitrogen and oxygen atoms in total. The third-order valence-corrected chi connectivity index (χ3v) is 3.87. The number of rotatable bonds is 6. The van der Waals surface area contributed by atoms with Crippen LogP contribution in [0.3, 0.4) is 0 Å². The van der Waals surface area contributed by atoms with Crippen molar-refractivity contribution in [3.8, 4) is 28.6 Å². The molecule has 0 amide bonds. The highest BCUT2D eigenvalue weighted by atomic mass is 16.5. The van der Waals surface area contributed by atoms with Crippen molar-refractivity contribution in [1.82, 2.24) is 5.16 Å². The van der Waals surface area contributed by atoms with Gasteiger partial charge in [0.15, 0.2) is 17.3 Å². The SMILES string of the molecule is COc1cc(C(O)c2cc(-c3ccccc3)on2)cc(OC)c1OC. The Bertz CT molecular complexity index is 819. The highest BCUT2D eigenvalue weighted by Gasteiger charge is 2.21. The van der Waals surface area contributed by atoms with Crippen LogP contribution in [0, 0.1) is 0 Å². The Morgan fingerprint density at radius 2 is 1.56 bits per heavy atom. The molecule has 0 aliphatic heterocycles. The summed E-state index contributed by atoms with van der Waals surface area (Å²) >= 11 is 0. The van der Waals surface area contributed by atoms with Gasteiger partial charge in [-0.05, 0) is 17.7 Å². The van der Waals surface area contributed by atoms with E-state index in [1.165, 1.54) is 21.3 Å². The number of aliphatic hydroxyl groups is 1. The molecule has 1 heterocycles. The Labute approximate surface area is 145 Å². The molecule has 0 radical (unpaired) electrons. The van der Waals surface area contributed by atoms with E-state index in [4.69, 9.17) is 18.7 Å². The number of aromatic nitrogens is 1. The Kier molecular flexibility index (Phi) is 4.90. The molecule has 0 saturated carbocycles. The quantitative estimate of drug-likeness (QED) is 0.740. The van der Waals surface area contributed by atoms with Gasteiger partial charge in [-0.3, -0.25) is 0 Å². The lowest BCUT2D eigenvalue weighted by Crippen LogP contribution is -2.03. The van der Waals surface area contributed by atoms with Crippen molar-refractivity contribution in [2.75, 3.05) is 21.3 Å². The van der Waals surface area contributed by atoms with Crippen LogP contribution in [-0.2, 0) is 0 Å². The monoisotopic (exact) mass is 341 g/mol. The molecular weight excluding hydrogens is 322 g/mol. The van der Waals surface area contributed by atoms with Gasteiger partial charge in [0.1, 0.15) is 11.8 Å². The smallest absolute Gasteiger partial charge is 0.203 e. The predicted molar refractivity (Wildman–Crippen MR) is 92.1 cm³/mol. The van der Waals surface area contributed by atoms with Crippen molar-refractivity contribution in [3.05, 3.63) is 59.8 Å². The lowest BCUT2D eigenvalue weighted by Gasteiger charge is -2.16. The van der Waals surface area contributed by atoms with Crippen LogP contribution in [0.4, 0.5) is 0 Å². The van der Waals surface area contributed by atoms with Gasteiger partial charge in [-0.2, -0.15) is 0 Å². The van der Waals surface area contributed by atoms with Crippen LogP contribution in [0.25, 0.3) is 11.3 Å². The maximum absolute atomic E-state index is 10.7. The third-order valence-electron chi connectivity index (χ3n) is 3.87. The Morgan fingerprint density at radius 1 is 0.920 bits per heavy atom. The average Bonchev–Trinajstić information content (AvgIpc) is 3.17. The Hall–Kier alpha value is -2.99. The minimum Gasteiger partial charge on any atom is -0.493 e. The lowest BCUT2D eigenvalue weighted by atomic mass is 10.0. The van der Waals surface area contributed by atoms with Crippen LogP contribution in [0.15, 0.2) is 53.1 Å².